The first kappa shape index (κ1) is 24.8. The number of nitrogens with zero attached hydrogens (tertiary/aromatic N) is 5. The number of aryl methyl sites for hydroxylation is 1. The normalized spacial score (nSPS) is 18.0. The third-order valence-electron chi connectivity index (χ3n) is 7.48. The van der Waals surface area contributed by atoms with Crippen LogP contribution in [-0.4, -0.2) is 64.8 Å². The van der Waals surface area contributed by atoms with E-state index in [1.807, 2.05) is 6.07 Å². The van der Waals surface area contributed by atoms with Gasteiger partial charge in [-0.1, -0.05) is 58.2 Å². The minimum absolute atomic E-state index is 0.188. The summed E-state index contributed by atoms with van der Waals surface area (Å²) in [5.41, 5.74) is 3.32. The zero-order chi connectivity index (χ0) is 24.1. The molecule has 1 aliphatic carbocycles. The van der Waals surface area contributed by atoms with Crippen LogP contribution in [-0.2, 0) is 11.3 Å². The van der Waals surface area contributed by atoms with Crippen LogP contribution < -0.4 is 4.90 Å². The summed E-state index contributed by atoms with van der Waals surface area (Å²) < 4.78 is 2.12. The molecule has 0 radical (unpaired) electrons. The third kappa shape index (κ3) is 5.65. The molecule has 0 N–H and O–H groups in total. The first-order valence-electron chi connectivity index (χ1n) is 13.4. The second-order valence-corrected chi connectivity index (χ2v) is 10.5. The van der Waals surface area contributed by atoms with Crippen molar-refractivity contribution in [2.45, 2.75) is 66.3 Å². The largest absolute Gasteiger partial charge is 0.354 e. The van der Waals surface area contributed by atoms with Crippen molar-refractivity contribution in [3.8, 4) is 5.69 Å². The Bertz CT molecular complexity index is 924. The molecular formula is C28H43N5O. The maximum Gasteiger partial charge on any atom is 0.225 e. The van der Waals surface area contributed by atoms with Crippen LogP contribution in [0.4, 0.5) is 5.82 Å². The van der Waals surface area contributed by atoms with E-state index in [0.717, 1.165) is 63.5 Å². The molecule has 2 heterocycles. The Morgan fingerprint density at radius 2 is 1.74 bits per heavy atom. The quantitative estimate of drug-likeness (QED) is 0.557. The lowest BCUT2D eigenvalue weighted by Gasteiger charge is -2.37. The van der Waals surface area contributed by atoms with Gasteiger partial charge in [-0.05, 0) is 44.4 Å². The van der Waals surface area contributed by atoms with Crippen LogP contribution in [0.5, 0.6) is 0 Å². The van der Waals surface area contributed by atoms with E-state index in [-0.39, 0.29) is 5.92 Å². The van der Waals surface area contributed by atoms with Crippen LogP contribution >= 0.6 is 0 Å². The molecule has 0 unspecified atom stereocenters. The number of anilines is 1. The highest BCUT2D eigenvalue weighted by atomic mass is 16.2. The van der Waals surface area contributed by atoms with Crippen LogP contribution in [0.1, 0.15) is 64.1 Å². The van der Waals surface area contributed by atoms with Crippen molar-refractivity contribution in [1.82, 2.24) is 19.6 Å². The van der Waals surface area contributed by atoms with E-state index in [0.29, 0.717) is 18.4 Å². The minimum Gasteiger partial charge on any atom is -0.354 e. The van der Waals surface area contributed by atoms with Gasteiger partial charge in [0.15, 0.2) is 0 Å². The van der Waals surface area contributed by atoms with Gasteiger partial charge in [-0.2, -0.15) is 5.10 Å². The summed E-state index contributed by atoms with van der Waals surface area (Å²) in [4.78, 5) is 20.8. The van der Waals surface area contributed by atoms with Crippen molar-refractivity contribution >= 4 is 11.7 Å². The Labute approximate surface area is 205 Å². The Morgan fingerprint density at radius 3 is 2.35 bits per heavy atom. The molecule has 2 aliphatic rings. The summed E-state index contributed by atoms with van der Waals surface area (Å²) in [6, 6.07) is 10.4. The van der Waals surface area contributed by atoms with E-state index in [1.165, 1.54) is 30.6 Å². The highest BCUT2D eigenvalue weighted by Crippen LogP contribution is 2.32. The molecule has 6 nitrogen and oxygen atoms in total. The third-order valence-corrected chi connectivity index (χ3v) is 7.48. The van der Waals surface area contributed by atoms with Crippen LogP contribution in [0, 0.1) is 18.8 Å². The number of rotatable bonds is 8. The molecule has 1 aromatic heterocycles. The van der Waals surface area contributed by atoms with Gasteiger partial charge in [0.05, 0.1) is 17.9 Å². The lowest BCUT2D eigenvalue weighted by molar-refractivity contribution is -0.137. The molecule has 4 rings (SSSR count). The molecule has 34 heavy (non-hydrogen) atoms. The number of amides is 1. The highest BCUT2D eigenvalue weighted by molar-refractivity contribution is 5.79. The molecule has 186 valence electrons. The lowest BCUT2D eigenvalue weighted by Crippen LogP contribution is -2.47. The molecule has 2 aromatic rings. The number of piperazine rings is 1. The summed E-state index contributed by atoms with van der Waals surface area (Å²) in [5.74, 6) is 2.15. The zero-order valence-corrected chi connectivity index (χ0v) is 21.7. The summed E-state index contributed by atoms with van der Waals surface area (Å²) in [5, 5.41) is 5.02. The molecule has 0 spiro atoms. The monoisotopic (exact) mass is 465 g/mol. The van der Waals surface area contributed by atoms with E-state index in [4.69, 9.17) is 5.10 Å². The van der Waals surface area contributed by atoms with Gasteiger partial charge < -0.3 is 14.7 Å². The van der Waals surface area contributed by atoms with Gasteiger partial charge in [-0.15, -0.1) is 0 Å². The molecule has 1 aliphatic heterocycles. The highest BCUT2D eigenvalue weighted by Gasteiger charge is 2.30. The number of para-hydroxylation sites is 1. The summed E-state index contributed by atoms with van der Waals surface area (Å²) in [7, 11) is 0. The fraction of sp³-hybridized carbons (Fsp3) is 0.643. The number of carbonyl (C=O) groups is 1. The van der Waals surface area contributed by atoms with Crippen LogP contribution in [0.2, 0.25) is 0 Å². The van der Waals surface area contributed by atoms with Crippen molar-refractivity contribution in [3.05, 3.63) is 41.6 Å². The molecular weight excluding hydrogens is 422 g/mol. The van der Waals surface area contributed by atoms with Crippen molar-refractivity contribution in [2.75, 3.05) is 44.2 Å². The second-order valence-electron chi connectivity index (χ2n) is 10.5. The summed E-state index contributed by atoms with van der Waals surface area (Å²) in [6.07, 6.45) is 5.72. The average molecular weight is 466 g/mol. The Kier molecular flexibility index (Phi) is 8.30. The van der Waals surface area contributed by atoms with Crippen molar-refractivity contribution in [2.24, 2.45) is 11.8 Å². The lowest BCUT2D eigenvalue weighted by atomic mass is 9.88. The molecule has 0 bridgehead atoms. The number of benzene rings is 1. The van der Waals surface area contributed by atoms with Gasteiger partial charge in [0.25, 0.3) is 0 Å². The Hall–Kier alpha value is -2.34. The standard InChI is InChI=1S/C28H43N5O/c1-5-30-16-18-31(19-17-30)27-26(23(4)29-33(27)25-14-10-7-11-15-25)21-32(20-22(2)3)28(34)24-12-8-6-9-13-24/h7,10-11,14-15,22,24H,5-6,8-9,12-13,16-21H2,1-4H3. The van der Waals surface area contributed by atoms with E-state index < -0.39 is 0 Å². The van der Waals surface area contributed by atoms with Gasteiger partial charge in [0.2, 0.25) is 5.91 Å². The number of likely N-dealkylation sites (N-methyl/N-ethyl adjacent to an activating group) is 1. The smallest absolute Gasteiger partial charge is 0.225 e. The van der Waals surface area contributed by atoms with Gasteiger partial charge in [-0.3, -0.25) is 4.79 Å². The zero-order valence-electron chi connectivity index (χ0n) is 21.7. The number of aromatic nitrogens is 2. The number of hydrogen-bond donors (Lipinski definition) is 0. The summed E-state index contributed by atoms with van der Waals surface area (Å²) in [6.45, 7) is 15.4. The predicted molar refractivity (Wildman–Crippen MR) is 139 cm³/mol. The fourth-order valence-corrected chi connectivity index (χ4v) is 5.55. The first-order chi connectivity index (χ1) is 16.5. The van der Waals surface area contributed by atoms with E-state index >= 15 is 0 Å². The molecule has 1 amide bonds. The van der Waals surface area contributed by atoms with Crippen molar-refractivity contribution < 1.29 is 4.79 Å². The van der Waals surface area contributed by atoms with E-state index in [1.54, 1.807) is 0 Å². The summed E-state index contributed by atoms with van der Waals surface area (Å²) >= 11 is 0. The topological polar surface area (TPSA) is 44.6 Å². The fourth-order valence-electron chi connectivity index (χ4n) is 5.55. The molecule has 6 heteroatoms. The van der Waals surface area contributed by atoms with Crippen molar-refractivity contribution in [1.29, 1.82) is 0 Å². The van der Waals surface area contributed by atoms with Gasteiger partial charge >= 0.3 is 0 Å². The van der Waals surface area contributed by atoms with Gasteiger partial charge in [0.1, 0.15) is 5.82 Å². The molecule has 1 saturated heterocycles. The van der Waals surface area contributed by atoms with Crippen LogP contribution in [0.25, 0.3) is 5.69 Å². The van der Waals surface area contributed by atoms with Gasteiger partial charge in [-0.25, -0.2) is 4.68 Å². The minimum atomic E-state index is 0.188. The molecule has 0 atom stereocenters. The number of carbonyl (C=O) groups excluding carboxylic acids is 1. The number of hydrogen-bond acceptors (Lipinski definition) is 4. The second kappa shape index (κ2) is 11.4. The van der Waals surface area contributed by atoms with Crippen LogP contribution in [0.3, 0.4) is 0 Å². The molecule has 1 saturated carbocycles. The van der Waals surface area contributed by atoms with E-state index in [2.05, 4.69) is 71.3 Å². The van der Waals surface area contributed by atoms with E-state index in [9.17, 15) is 4.79 Å². The van der Waals surface area contributed by atoms with Crippen molar-refractivity contribution in [3.63, 3.8) is 0 Å². The Morgan fingerprint density at radius 1 is 1.06 bits per heavy atom. The maximum absolute atomic E-state index is 13.7. The van der Waals surface area contributed by atoms with Crippen LogP contribution in [0.15, 0.2) is 30.3 Å². The molecule has 1 aromatic carbocycles. The predicted octanol–water partition coefficient (Wildman–Crippen LogP) is 4.89. The average Bonchev–Trinajstić information content (AvgIpc) is 3.19. The van der Waals surface area contributed by atoms with Gasteiger partial charge in [0, 0.05) is 44.2 Å². The SMILES string of the molecule is CCN1CCN(c2c(CN(CC(C)C)C(=O)C3CCCCC3)c(C)nn2-c2ccccc2)CC1. The first-order valence-corrected chi connectivity index (χ1v) is 13.4. The molecule has 2 fully saturated rings. The Balaban J connectivity index is 1.69. The maximum atomic E-state index is 13.7.